The first kappa shape index (κ1) is 17.7. The summed E-state index contributed by atoms with van der Waals surface area (Å²) in [6.07, 6.45) is 1.10. The van der Waals surface area contributed by atoms with Crippen molar-refractivity contribution in [2.75, 3.05) is 32.8 Å². The van der Waals surface area contributed by atoms with Gasteiger partial charge < -0.3 is 9.64 Å². The number of sulfonamides is 1. The van der Waals surface area contributed by atoms with E-state index in [9.17, 15) is 13.2 Å². The smallest absolute Gasteiger partial charge is 0.243 e. The SMILES string of the molecule is CCOc1cccc(S(=O)(=O)N2CCCN(C(=O)CC)CC2)c1. The van der Waals surface area contributed by atoms with Gasteiger partial charge in [0.2, 0.25) is 15.9 Å². The Morgan fingerprint density at radius 3 is 2.65 bits per heavy atom. The van der Waals surface area contributed by atoms with Crippen LogP contribution >= 0.6 is 0 Å². The minimum atomic E-state index is -3.57. The van der Waals surface area contributed by atoms with Crippen molar-refractivity contribution in [3.8, 4) is 5.75 Å². The lowest BCUT2D eigenvalue weighted by Crippen LogP contribution is -2.37. The van der Waals surface area contributed by atoms with Crippen LogP contribution in [0.25, 0.3) is 0 Å². The molecule has 1 fully saturated rings. The van der Waals surface area contributed by atoms with Crippen LogP contribution in [0.5, 0.6) is 5.75 Å². The quantitative estimate of drug-likeness (QED) is 0.818. The van der Waals surface area contributed by atoms with Gasteiger partial charge in [0.15, 0.2) is 0 Å². The molecule has 1 amide bonds. The van der Waals surface area contributed by atoms with Gasteiger partial charge in [-0.1, -0.05) is 13.0 Å². The van der Waals surface area contributed by atoms with Gasteiger partial charge >= 0.3 is 0 Å². The van der Waals surface area contributed by atoms with Crippen molar-refractivity contribution in [1.29, 1.82) is 0 Å². The third-order valence-electron chi connectivity index (χ3n) is 3.86. The molecule has 0 atom stereocenters. The van der Waals surface area contributed by atoms with E-state index in [1.165, 1.54) is 4.31 Å². The van der Waals surface area contributed by atoms with Crippen LogP contribution in [0, 0.1) is 0 Å². The van der Waals surface area contributed by atoms with E-state index in [1.807, 2.05) is 13.8 Å². The lowest BCUT2D eigenvalue weighted by atomic mass is 10.3. The van der Waals surface area contributed by atoms with Crippen LogP contribution in [0.3, 0.4) is 0 Å². The van der Waals surface area contributed by atoms with Crippen molar-refractivity contribution < 1.29 is 17.9 Å². The van der Waals surface area contributed by atoms with Gasteiger partial charge in [0.25, 0.3) is 0 Å². The molecular formula is C16H24N2O4S. The van der Waals surface area contributed by atoms with E-state index in [4.69, 9.17) is 4.74 Å². The van der Waals surface area contributed by atoms with Gasteiger partial charge in [0.1, 0.15) is 5.75 Å². The summed E-state index contributed by atoms with van der Waals surface area (Å²) in [6.45, 7) is 5.97. The lowest BCUT2D eigenvalue weighted by Gasteiger charge is -2.21. The van der Waals surface area contributed by atoms with E-state index in [0.29, 0.717) is 51.4 Å². The van der Waals surface area contributed by atoms with Crippen LogP contribution in [-0.4, -0.2) is 56.3 Å². The molecule has 0 spiro atoms. The second kappa shape index (κ2) is 7.79. The van der Waals surface area contributed by atoms with Crippen molar-refractivity contribution in [2.45, 2.75) is 31.6 Å². The minimum Gasteiger partial charge on any atom is -0.494 e. The first-order chi connectivity index (χ1) is 11.0. The Kier molecular flexibility index (Phi) is 6.01. The Labute approximate surface area is 138 Å². The molecule has 0 N–H and O–H groups in total. The first-order valence-corrected chi connectivity index (χ1v) is 9.43. The second-order valence-corrected chi connectivity index (χ2v) is 7.34. The van der Waals surface area contributed by atoms with Gasteiger partial charge in [-0.2, -0.15) is 4.31 Å². The summed E-state index contributed by atoms with van der Waals surface area (Å²) in [5.41, 5.74) is 0. The fourth-order valence-electron chi connectivity index (χ4n) is 2.65. The molecular weight excluding hydrogens is 316 g/mol. The molecule has 1 aliphatic rings. The number of hydrogen-bond donors (Lipinski definition) is 0. The number of hydrogen-bond acceptors (Lipinski definition) is 4. The standard InChI is InChI=1S/C16H24N2O4S/c1-3-16(19)17-9-6-10-18(12-11-17)23(20,21)15-8-5-7-14(13-15)22-4-2/h5,7-8,13H,3-4,6,9-12H2,1-2H3. The predicted molar refractivity (Wildman–Crippen MR) is 87.9 cm³/mol. The molecule has 1 heterocycles. The van der Waals surface area contributed by atoms with Gasteiger partial charge in [-0.15, -0.1) is 0 Å². The number of carbonyl (C=O) groups excluding carboxylic acids is 1. The molecule has 128 valence electrons. The third kappa shape index (κ3) is 4.23. The summed E-state index contributed by atoms with van der Waals surface area (Å²) in [7, 11) is -3.57. The monoisotopic (exact) mass is 340 g/mol. The van der Waals surface area contributed by atoms with Crippen molar-refractivity contribution in [1.82, 2.24) is 9.21 Å². The molecule has 0 aromatic heterocycles. The average Bonchev–Trinajstić information content (AvgIpc) is 2.81. The number of rotatable bonds is 5. The minimum absolute atomic E-state index is 0.0718. The zero-order chi connectivity index (χ0) is 16.9. The molecule has 1 aromatic rings. The van der Waals surface area contributed by atoms with Crippen LogP contribution in [0.2, 0.25) is 0 Å². The molecule has 0 saturated carbocycles. The molecule has 23 heavy (non-hydrogen) atoms. The number of amides is 1. The maximum Gasteiger partial charge on any atom is 0.243 e. The van der Waals surface area contributed by atoms with Gasteiger partial charge in [0, 0.05) is 38.7 Å². The van der Waals surface area contributed by atoms with Crippen LogP contribution in [0.15, 0.2) is 29.2 Å². The third-order valence-corrected chi connectivity index (χ3v) is 5.76. The van der Waals surface area contributed by atoms with Crippen LogP contribution < -0.4 is 4.74 Å². The van der Waals surface area contributed by atoms with Crippen molar-refractivity contribution >= 4 is 15.9 Å². The highest BCUT2D eigenvalue weighted by Gasteiger charge is 2.28. The molecule has 1 saturated heterocycles. The van der Waals surface area contributed by atoms with Crippen LogP contribution in [0.4, 0.5) is 0 Å². The fourth-order valence-corrected chi connectivity index (χ4v) is 4.15. The zero-order valence-electron chi connectivity index (χ0n) is 13.7. The molecule has 1 aromatic carbocycles. The molecule has 0 unspecified atom stereocenters. The Bertz CT molecular complexity index is 645. The average molecular weight is 340 g/mol. The molecule has 0 radical (unpaired) electrons. The second-order valence-electron chi connectivity index (χ2n) is 5.40. The highest BCUT2D eigenvalue weighted by atomic mass is 32.2. The van der Waals surface area contributed by atoms with E-state index >= 15 is 0 Å². The molecule has 2 rings (SSSR count). The van der Waals surface area contributed by atoms with Gasteiger partial charge in [-0.05, 0) is 25.5 Å². The highest BCUT2D eigenvalue weighted by Crippen LogP contribution is 2.22. The Morgan fingerprint density at radius 1 is 1.17 bits per heavy atom. The Morgan fingerprint density at radius 2 is 1.96 bits per heavy atom. The van der Waals surface area contributed by atoms with Crippen LogP contribution in [0.1, 0.15) is 26.7 Å². The lowest BCUT2D eigenvalue weighted by molar-refractivity contribution is -0.130. The van der Waals surface area contributed by atoms with E-state index in [2.05, 4.69) is 0 Å². The maximum absolute atomic E-state index is 12.8. The van der Waals surface area contributed by atoms with Gasteiger partial charge in [-0.3, -0.25) is 4.79 Å². The normalized spacial score (nSPS) is 16.9. The summed E-state index contributed by atoms with van der Waals surface area (Å²) in [6, 6.07) is 6.56. The van der Waals surface area contributed by atoms with Gasteiger partial charge in [0.05, 0.1) is 11.5 Å². The molecule has 0 bridgehead atoms. The van der Waals surface area contributed by atoms with Crippen molar-refractivity contribution in [3.63, 3.8) is 0 Å². The summed E-state index contributed by atoms with van der Waals surface area (Å²) < 4.78 is 32.5. The van der Waals surface area contributed by atoms with Crippen LogP contribution in [-0.2, 0) is 14.8 Å². The van der Waals surface area contributed by atoms with Crippen molar-refractivity contribution in [3.05, 3.63) is 24.3 Å². The molecule has 0 aliphatic carbocycles. The largest absolute Gasteiger partial charge is 0.494 e. The van der Waals surface area contributed by atoms with Crippen molar-refractivity contribution in [2.24, 2.45) is 0 Å². The fraction of sp³-hybridized carbons (Fsp3) is 0.562. The molecule has 6 nitrogen and oxygen atoms in total. The topological polar surface area (TPSA) is 66.9 Å². The molecule has 1 aliphatic heterocycles. The summed E-state index contributed by atoms with van der Waals surface area (Å²) >= 11 is 0. The summed E-state index contributed by atoms with van der Waals surface area (Å²) in [4.78, 5) is 13.8. The Hall–Kier alpha value is -1.60. The predicted octanol–water partition coefficient (Wildman–Crippen LogP) is 1.72. The number of nitrogens with zero attached hydrogens (tertiary/aromatic N) is 2. The Balaban J connectivity index is 2.16. The van der Waals surface area contributed by atoms with E-state index in [0.717, 1.165) is 0 Å². The number of carbonyl (C=O) groups is 1. The van der Waals surface area contributed by atoms with E-state index < -0.39 is 10.0 Å². The van der Waals surface area contributed by atoms with E-state index in [-0.39, 0.29) is 10.8 Å². The van der Waals surface area contributed by atoms with Gasteiger partial charge in [-0.25, -0.2) is 8.42 Å². The number of ether oxygens (including phenoxy) is 1. The highest BCUT2D eigenvalue weighted by molar-refractivity contribution is 7.89. The van der Waals surface area contributed by atoms with E-state index in [1.54, 1.807) is 29.2 Å². The first-order valence-electron chi connectivity index (χ1n) is 7.99. The maximum atomic E-state index is 12.8. The number of benzene rings is 1. The zero-order valence-corrected chi connectivity index (χ0v) is 14.5. The summed E-state index contributed by atoms with van der Waals surface area (Å²) in [5.74, 6) is 0.619. The summed E-state index contributed by atoms with van der Waals surface area (Å²) in [5, 5.41) is 0. The molecule has 7 heteroatoms.